The number of aryl methyl sites for hydroxylation is 1. The fourth-order valence-corrected chi connectivity index (χ4v) is 6.82. The summed E-state index contributed by atoms with van der Waals surface area (Å²) >= 11 is 2.75. The van der Waals surface area contributed by atoms with Gasteiger partial charge in [0.2, 0.25) is 10.0 Å². The van der Waals surface area contributed by atoms with E-state index in [-0.39, 0.29) is 9.77 Å². The number of carbonyl (C=O) groups is 1. The highest BCUT2D eigenvalue weighted by molar-refractivity contribution is 7.89. The number of anilines is 1. The molecule has 3 aromatic rings. The van der Waals surface area contributed by atoms with E-state index in [4.69, 9.17) is 0 Å². The lowest BCUT2D eigenvalue weighted by Crippen LogP contribution is -2.36. The van der Waals surface area contributed by atoms with Crippen LogP contribution in [0.25, 0.3) is 10.6 Å². The van der Waals surface area contributed by atoms with Crippen molar-refractivity contribution >= 4 is 44.4 Å². The Bertz CT molecular complexity index is 1090. The highest BCUT2D eigenvalue weighted by Crippen LogP contribution is 2.30. The Morgan fingerprint density at radius 1 is 1.21 bits per heavy atom. The number of hydrogen-bond donors (Lipinski definition) is 2. The van der Waals surface area contributed by atoms with Crippen LogP contribution in [0, 0.1) is 6.92 Å². The molecule has 10 heteroatoms. The molecular formula is C18H20N4O3S3. The number of aromatic nitrogens is 2. The van der Waals surface area contributed by atoms with E-state index in [1.807, 2.05) is 19.1 Å². The smallest absolute Gasteiger partial charge is 0.268 e. The van der Waals surface area contributed by atoms with Gasteiger partial charge in [-0.25, -0.2) is 8.42 Å². The predicted octanol–water partition coefficient (Wildman–Crippen LogP) is 3.94. The molecule has 7 nitrogen and oxygen atoms in total. The monoisotopic (exact) mass is 436 g/mol. The summed E-state index contributed by atoms with van der Waals surface area (Å²) in [4.78, 5) is 15.2. The second-order valence-electron chi connectivity index (χ2n) is 6.61. The van der Waals surface area contributed by atoms with Crippen LogP contribution in [0.4, 0.5) is 5.82 Å². The third kappa shape index (κ3) is 3.77. The number of sulfonamides is 1. The van der Waals surface area contributed by atoms with Crippen molar-refractivity contribution in [1.29, 1.82) is 0 Å². The van der Waals surface area contributed by atoms with Crippen molar-refractivity contribution in [1.82, 2.24) is 14.5 Å². The fraction of sp³-hybridized carbons (Fsp3) is 0.333. The Kier molecular flexibility index (Phi) is 5.37. The van der Waals surface area contributed by atoms with Gasteiger partial charge in [0.05, 0.1) is 10.6 Å². The quantitative estimate of drug-likeness (QED) is 0.633. The summed E-state index contributed by atoms with van der Waals surface area (Å²) in [7, 11) is -3.67. The summed E-state index contributed by atoms with van der Waals surface area (Å²) in [5.41, 5.74) is 0.806. The molecule has 1 aliphatic heterocycles. The van der Waals surface area contributed by atoms with Gasteiger partial charge in [-0.2, -0.15) is 9.40 Å². The number of amides is 1. The van der Waals surface area contributed by atoms with E-state index in [0.717, 1.165) is 41.2 Å². The Labute approximate surface area is 171 Å². The molecular weight excluding hydrogens is 416 g/mol. The number of nitrogens with zero attached hydrogens (tertiary/aromatic N) is 2. The lowest BCUT2D eigenvalue weighted by molar-refractivity contribution is 0.102. The van der Waals surface area contributed by atoms with E-state index in [9.17, 15) is 13.2 Å². The Balaban J connectivity index is 1.54. The van der Waals surface area contributed by atoms with Crippen molar-refractivity contribution in [2.45, 2.75) is 31.1 Å². The van der Waals surface area contributed by atoms with Gasteiger partial charge in [-0.1, -0.05) is 6.42 Å². The molecule has 3 aromatic heterocycles. The maximum atomic E-state index is 12.9. The third-order valence-corrected chi connectivity index (χ3v) is 8.61. The van der Waals surface area contributed by atoms with Crippen molar-refractivity contribution in [2.24, 2.45) is 0 Å². The summed E-state index contributed by atoms with van der Waals surface area (Å²) in [5, 5.41) is 11.4. The van der Waals surface area contributed by atoms with Gasteiger partial charge in [0, 0.05) is 24.0 Å². The summed E-state index contributed by atoms with van der Waals surface area (Å²) in [6, 6.07) is 7.26. The second-order valence-corrected chi connectivity index (χ2v) is 10.7. The van der Waals surface area contributed by atoms with Crippen LogP contribution in [0.15, 0.2) is 34.5 Å². The van der Waals surface area contributed by atoms with Crippen molar-refractivity contribution in [2.75, 3.05) is 18.4 Å². The number of carbonyl (C=O) groups excluding carboxylic acids is 1. The summed E-state index contributed by atoms with van der Waals surface area (Å²) in [5.74, 6) is -0.105. The van der Waals surface area contributed by atoms with Crippen LogP contribution in [0.2, 0.25) is 0 Å². The summed E-state index contributed by atoms with van der Waals surface area (Å²) in [6.07, 6.45) is 2.74. The first-order valence-electron chi connectivity index (χ1n) is 8.96. The van der Waals surface area contributed by atoms with Crippen LogP contribution < -0.4 is 5.32 Å². The molecule has 1 amide bonds. The van der Waals surface area contributed by atoms with E-state index in [0.29, 0.717) is 18.9 Å². The average molecular weight is 437 g/mol. The summed E-state index contributed by atoms with van der Waals surface area (Å²) < 4.78 is 27.4. The molecule has 0 bridgehead atoms. The Hall–Kier alpha value is -2.01. The maximum Gasteiger partial charge on any atom is 0.268 e. The highest BCUT2D eigenvalue weighted by Gasteiger charge is 2.31. The number of hydrogen-bond acceptors (Lipinski definition) is 6. The summed E-state index contributed by atoms with van der Waals surface area (Å²) in [6.45, 7) is 3.03. The molecule has 1 saturated heterocycles. The van der Waals surface area contributed by atoms with Crippen molar-refractivity contribution in [3.8, 4) is 10.6 Å². The molecule has 148 valence electrons. The minimum Gasteiger partial charge on any atom is -0.304 e. The number of rotatable bonds is 5. The first-order valence-corrected chi connectivity index (χ1v) is 12.1. The molecule has 28 heavy (non-hydrogen) atoms. The Morgan fingerprint density at radius 2 is 2.00 bits per heavy atom. The molecule has 4 heterocycles. The lowest BCUT2D eigenvalue weighted by Gasteiger charge is -2.25. The molecule has 4 rings (SSSR count). The largest absolute Gasteiger partial charge is 0.304 e. The zero-order valence-corrected chi connectivity index (χ0v) is 17.7. The zero-order valence-electron chi connectivity index (χ0n) is 15.3. The lowest BCUT2D eigenvalue weighted by atomic mass is 10.2. The van der Waals surface area contributed by atoms with Crippen molar-refractivity contribution in [3.63, 3.8) is 0 Å². The molecule has 0 radical (unpaired) electrons. The average Bonchev–Trinajstić information content (AvgIpc) is 3.42. The van der Waals surface area contributed by atoms with Crippen LogP contribution in [0.1, 0.15) is 33.8 Å². The molecule has 1 fully saturated rings. The normalized spacial score (nSPS) is 15.6. The topological polar surface area (TPSA) is 95.2 Å². The van der Waals surface area contributed by atoms with Crippen LogP contribution in [0.3, 0.4) is 0 Å². The minimum absolute atomic E-state index is 0.0709. The molecule has 1 aliphatic rings. The van der Waals surface area contributed by atoms with E-state index in [1.54, 1.807) is 22.8 Å². The van der Waals surface area contributed by atoms with Crippen molar-refractivity contribution < 1.29 is 13.2 Å². The molecule has 0 atom stereocenters. The van der Waals surface area contributed by atoms with Gasteiger partial charge < -0.3 is 5.32 Å². The van der Waals surface area contributed by atoms with Crippen LogP contribution in [-0.4, -0.2) is 41.9 Å². The third-order valence-electron chi connectivity index (χ3n) is 4.59. The number of thiophene rings is 2. The van der Waals surface area contributed by atoms with Gasteiger partial charge in [0.15, 0.2) is 5.82 Å². The molecule has 0 unspecified atom stereocenters. The molecule has 0 aromatic carbocycles. The van der Waals surface area contributed by atoms with Gasteiger partial charge in [-0.3, -0.25) is 9.89 Å². The zero-order chi connectivity index (χ0) is 19.7. The molecule has 2 N–H and O–H groups in total. The van der Waals surface area contributed by atoms with E-state index in [1.165, 1.54) is 15.2 Å². The van der Waals surface area contributed by atoms with Crippen LogP contribution in [0.5, 0.6) is 0 Å². The number of nitrogens with one attached hydrogen (secondary N) is 2. The SMILES string of the molecule is Cc1ccc(-c2cc(NC(=O)c3sccc3S(=O)(=O)N3CCCCC3)n[nH]2)s1. The molecule has 0 saturated carbocycles. The first-order chi connectivity index (χ1) is 13.4. The standard InChI is InChI=1S/C18H20N4O3S3/c1-12-5-6-14(27-12)13-11-16(21-20-13)19-18(23)17-15(7-10-26-17)28(24,25)22-8-3-2-4-9-22/h5-7,10-11H,2-4,8-9H2,1H3,(H2,19,20,21,23). The Morgan fingerprint density at radius 3 is 2.71 bits per heavy atom. The van der Waals surface area contributed by atoms with Crippen LogP contribution >= 0.6 is 22.7 Å². The maximum absolute atomic E-state index is 12.9. The minimum atomic E-state index is -3.67. The van der Waals surface area contributed by atoms with Gasteiger partial charge in [0.25, 0.3) is 5.91 Å². The van der Waals surface area contributed by atoms with E-state index < -0.39 is 15.9 Å². The number of H-pyrrole nitrogens is 1. The first kappa shape index (κ1) is 19.3. The van der Waals surface area contributed by atoms with Gasteiger partial charge in [-0.05, 0) is 43.3 Å². The van der Waals surface area contributed by atoms with E-state index in [2.05, 4.69) is 15.5 Å². The highest BCUT2D eigenvalue weighted by atomic mass is 32.2. The number of piperidine rings is 1. The van der Waals surface area contributed by atoms with Gasteiger partial charge in [0.1, 0.15) is 9.77 Å². The molecule has 0 spiro atoms. The predicted molar refractivity (Wildman–Crippen MR) is 112 cm³/mol. The fourth-order valence-electron chi connectivity index (χ4n) is 3.17. The van der Waals surface area contributed by atoms with Gasteiger partial charge >= 0.3 is 0 Å². The molecule has 0 aliphatic carbocycles. The second kappa shape index (κ2) is 7.78. The number of aromatic amines is 1. The van der Waals surface area contributed by atoms with E-state index >= 15 is 0 Å². The van der Waals surface area contributed by atoms with Crippen molar-refractivity contribution in [3.05, 3.63) is 39.4 Å². The van der Waals surface area contributed by atoms with Gasteiger partial charge in [-0.15, -0.1) is 22.7 Å². The van der Waals surface area contributed by atoms with Crippen LogP contribution in [-0.2, 0) is 10.0 Å².